The second-order valence-electron chi connectivity index (χ2n) is 4.45. The summed E-state index contributed by atoms with van der Waals surface area (Å²) in [7, 11) is 0. The van der Waals surface area contributed by atoms with Crippen LogP contribution in [-0.4, -0.2) is 11.3 Å². The highest BCUT2D eigenvalue weighted by Crippen LogP contribution is 2.20. The molecule has 0 spiro atoms. The van der Waals surface area contributed by atoms with Gasteiger partial charge in [0.15, 0.2) is 0 Å². The summed E-state index contributed by atoms with van der Waals surface area (Å²) in [5.41, 5.74) is 1.08. The van der Waals surface area contributed by atoms with E-state index in [1.54, 1.807) is 6.92 Å². The molecule has 0 saturated carbocycles. The lowest BCUT2D eigenvalue weighted by atomic mass is 10.0. The van der Waals surface area contributed by atoms with Gasteiger partial charge in [0.25, 0.3) is 0 Å². The monoisotopic (exact) mass is 261 g/mol. The van der Waals surface area contributed by atoms with Crippen molar-refractivity contribution in [1.82, 2.24) is 5.32 Å². The standard InChI is InChI=1S/C15H16ClNO/c1-10(16)15(18)17-11(2)13-8-7-12-5-3-4-6-14(12)9-13/h3-11H,1-2H3,(H,17,18)/t10-,11-/m1/s1. The van der Waals surface area contributed by atoms with Crippen LogP contribution in [0.3, 0.4) is 0 Å². The molecule has 2 aromatic carbocycles. The van der Waals surface area contributed by atoms with E-state index in [-0.39, 0.29) is 11.9 Å². The molecule has 0 aliphatic carbocycles. The number of hydrogen-bond donors (Lipinski definition) is 1. The molecule has 0 unspecified atom stereocenters. The number of rotatable bonds is 3. The second-order valence-corrected chi connectivity index (χ2v) is 5.11. The number of carbonyl (C=O) groups is 1. The van der Waals surface area contributed by atoms with Gasteiger partial charge in [-0.25, -0.2) is 0 Å². The molecule has 0 radical (unpaired) electrons. The van der Waals surface area contributed by atoms with E-state index in [0.717, 1.165) is 5.56 Å². The maximum atomic E-state index is 11.5. The van der Waals surface area contributed by atoms with Gasteiger partial charge < -0.3 is 5.32 Å². The van der Waals surface area contributed by atoms with Gasteiger partial charge in [0.1, 0.15) is 5.38 Å². The zero-order valence-corrected chi connectivity index (χ0v) is 11.2. The molecule has 2 aromatic rings. The summed E-state index contributed by atoms with van der Waals surface area (Å²) in [5, 5.41) is 4.76. The Kier molecular flexibility index (Phi) is 3.87. The molecule has 2 atom stereocenters. The number of nitrogens with one attached hydrogen (secondary N) is 1. The molecular weight excluding hydrogens is 246 g/mol. The molecule has 0 aromatic heterocycles. The summed E-state index contributed by atoms with van der Waals surface area (Å²) in [4.78, 5) is 11.5. The van der Waals surface area contributed by atoms with Crippen LogP contribution < -0.4 is 5.32 Å². The lowest BCUT2D eigenvalue weighted by Crippen LogP contribution is -2.31. The molecule has 0 bridgehead atoms. The van der Waals surface area contributed by atoms with E-state index in [9.17, 15) is 4.79 Å². The Morgan fingerprint density at radius 3 is 2.44 bits per heavy atom. The fourth-order valence-electron chi connectivity index (χ4n) is 1.89. The molecule has 94 valence electrons. The highest BCUT2D eigenvalue weighted by molar-refractivity contribution is 6.30. The van der Waals surface area contributed by atoms with Crippen LogP contribution in [0.5, 0.6) is 0 Å². The molecule has 0 aliphatic rings. The summed E-state index contributed by atoms with van der Waals surface area (Å²) in [5.74, 6) is -0.141. The van der Waals surface area contributed by atoms with Crippen LogP contribution >= 0.6 is 11.6 Å². The van der Waals surface area contributed by atoms with Crippen LogP contribution in [0.1, 0.15) is 25.5 Å². The average Bonchev–Trinajstić information content (AvgIpc) is 2.37. The zero-order chi connectivity index (χ0) is 13.1. The third-order valence-electron chi connectivity index (χ3n) is 2.99. The van der Waals surface area contributed by atoms with Crippen molar-refractivity contribution in [1.29, 1.82) is 0 Å². The summed E-state index contributed by atoms with van der Waals surface area (Å²) < 4.78 is 0. The average molecular weight is 262 g/mol. The van der Waals surface area contributed by atoms with Gasteiger partial charge in [-0.2, -0.15) is 0 Å². The van der Waals surface area contributed by atoms with Crippen LogP contribution in [0, 0.1) is 0 Å². The Balaban J connectivity index is 2.22. The van der Waals surface area contributed by atoms with Gasteiger partial charge in [0, 0.05) is 0 Å². The predicted molar refractivity (Wildman–Crippen MR) is 75.8 cm³/mol. The van der Waals surface area contributed by atoms with Crippen LogP contribution in [0.4, 0.5) is 0 Å². The van der Waals surface area contributed by atoms with E-state index < -0.39 is 5.38 Å². The van der Waals surface area contributed by atoms with E-state index in [1.807, 2.05) is 25.1 Å². The molecule has 0 saturated heterocycles. The maximum Gasteiger partial charge on any atom is 0.238 e. The van der Waals surface area contributed by atoms with E-state index in [2.05, 4.69) is 29.6 Å². The van der Waals surface area contributed by atoms with E-state index in [4.69, 9.17) is 11.6 Å². The molecule has 0 aliphatic heterocycles. The smallest absolute Gasteiger partial charge is 0.238 e. The van der Waals surface area contributed by atoms with Crippen LogP contribution in [-0.2, 0) is 4.79 Å². The lowest BCUT2D eigenvalue weighted by Gasteiger charge is -2.16. The molecule has 0 fully saturated rings. The first-order valence-corrected chi connectivity index (χ1v) is 6.44. The third kappa shape index (κ3) is 2.82. The molecule has 2 nitrogen and oxygen atoms in total. The highest BCUT2D eigenvalue weighted by atomic mass is 35.5. The first kappa shape index (κ1) is 12.9. The van der Waals surface area contributed by atoms with Crippen LogP contribution in [0.2, 0.25) is 0 Å². The molecule has 1 N–H and O–H groups in total. The number of alkyl halides is 1. The van der Waals surface area contributed by atoms with Gasteiger partial charge in [0.2, 0.25) is 5.91 Å². The van der Waals surface area contributed by atoms with Crippen LogP contribution in [0.15, 0.2) is 42.5 Å². The first-order chi connectivity index (χ1) is 8.58. The van der Waals surface area contributed by atoms with Gasteiger partial charge >= 0.3 is 0 Å². The molecular formula is C15H16ClNO. The number of carbonyl (C=O) groups excluding carboxylic acids is 1. The molecule has 2 rings (SSSR count). The molecule has 18 heavy (non-hydrogen) atoms. The third-order valence-corrected chi connectivity index (χ3v) is 3.19. The largest absolute Gasteiger partial charge is 0.348 e. The number of fused-ring (bicyclic) bond motifs is 1. The van der Waals surface area contributed by atoms with Crippen molar-refractivity contribution in [3.8, 4) is 0 Å². The fourth-order valence-corrected chi connectivity index (χ4v) is 1.95. The quantitative estimate of drug-likeness (QED) is 0.840. The van der Waals surface area contributed by atoms with Crippen molar-refractivity contribution in [3.63, 3.8) is 0 Å². The zero-order valence-electron chi connectivity index (χ0n) is 10.5. The first-order valence-electron chi connectivity index (χ1n) is 6.01. The number of benzene rings is 2. The highest BCUT2D eigenvalue weighted by Gasteiger charge is 2.13. The van der Waals surface area contributed by atoms with Crippen LogP contribution in [0.25, 0.3) is 10.8 Å². The van der Waals surface area contributed by atoms with Crippen molar-refractivity contribution in [2.45, 2.75) is 25.3 Å². The van der Waals surface area contributed by atoms with Gasteiger partial charge in [-0.3, -0.25) is 4.79 Å². The SMILES string of the molecule is C[C@@H](Cl)C(=O)N[C@H](C)c1ccc2ccccc2c1. The van der Waals surface area contributed by atoms with Gasteiger partial charge in [-0.15, -0.1) is 11.6 Å². The van der Waals surface area contributed by atoms with Gasteiger partial charge in [0.05, 0.1) is 6.04 Å². The van der Waals surface area contributed by atoms with Gasteiger partial charge in [-0.05, 0) is 36.2 Å². The fraction of sp³-hybridized carbons (Fsp3) is 0.267. The molecule has 1 amide bonds. The topological polar surface area (TPSA) is 29.1 Å². The predicted octanol–water partition coefficient (Wildman–Crippen LogP) is 3.64. The summed E-state index contributed by atoms with van der Waals surface area (Å²) in [6, 6.07) is 14.3. The number of halogens is 1. The Morgan fingerprint density at radius 1 is 1.11 bits per heavy atom. The van der Waals surface area contributed by atoms with E-state index in [0.29, 0.717) is 0 Å². The minimum Gasteiger partial charge on any atom is -0.348 e. The van der Waals surface area contributed by atoms with Gasteiger partial charge in [-0.1, -0.05) is 36.4 Å². The second kappa shape index (κ2) is 5.40. The number of amides is 1. The minimum absolute atomic E-state index is 0.0386. The Morgan fingerprint density at radius 2 is 1.78 bits per heavy atom. The molecule has 3 heteroatoms. The Labute approximate surface area is 112 Å². The van der Waals surface area contributed by atoms with Crippen molar-refractivity contribution >= 4 is 28.3 Å². The normalized spacial score (nSPS) is 14.2. The van der Waals surface area contributed by atoms with Crippen molar-refractivity contribution in [3.05, 3.63) is 48.0 Å². The minimum atomic E-state index is -0.507. The summed E-state index contributed by atoms with van der Waals surface area (Å²) in [6.07, 6.45) is 0. The Bertz CT molecular complexity index is 565. The van der Waals surface area contributed by atoms with Crippen molar-refractivity contribution in [2.24, 2.45) is 0 Å². The maximum absolute atomic E-state index is 11.5. The van der Waals surface area contributed by atoms with Crippen molar-refractivity contribution < 1.29 is 4.79 Å². The lowest BCUT2D eigenvalue weighted by molar-refractivity contribution is -0.121. The summed E-state index contributed by atoms with van der Waals surface area (Å²) in [6.45, 7) is 3.63. The Hall–Kier alpha value is -1.54. The molecule has 0 heterocycles. The number of hydrogen-bond acceptors (Lipinski definition) is 1. The summed E-state index contributed by atoms with van der Waals surface area (Å²) >= 11 is 5.74. The van der Waals surface area contributed by atoms with E-state index >= 15 is 0 Å². The van der Waals surface area contributed by atoms with Crippen molar-refractivity contribution in [2.75, 3.05) is 0 Å². The van der Waals surface area contributed by atoms with E-state index in [1.165, 1.54) is 10.8 Å².